The third kappa shape index (κ3) is 12.1. The van der Waals surface area contributed by atoms with Crippen molar-refractivity contribution >= 4 is 29.8 Å². The molecule has 0 spiro atoms. The first-order valence-electron chi connectivity index (χ1n) is 10.4. The van der Waals surface area contributed by atoms with Crippen LogP contribution in [0.15, 0.2) is 30.3 Å². The van der Waals surface area contributed by atoms with E-state index in [2.05, 4.69) is 10.6 Å². The Balaban J connectivity index is 2.73. The summed E-state index contributed by atoms with van der Waals surface area (Å²) in [4.78, 5) is 59.3. The zero-order valence-corrected chi connectivity index (χ0v) is 19.0. The van der Waals surface area contributed by atoms with Crippen LogP contribution in [0, 0.1) is 0 Å². The van der Waals surface area contributed by atoms with Crippen molar-refractivity contribution in [1.82, 2.24) is 10.6 Å². The molecule has 0 radical (unpaired) electrons. The van der Waals surface area contributed by atoms with Crippen LogP contribution in [-0.4, -0.2) is 52.6 Å². The van der Waals surface area contributed by atoms with Gasteiger partial charge in [-0.2, -0.15) is 0 Å². The lowest BCUT2D eigenvalue weighted by Crippen LogP contribution is -2.52. The van der Waals surface area contributed by atoms with Gasteiger partial charge in [-0.25, -0.2) is 9.59 Å². The maximum Gasteiger partial charge on any atom is 0.408 e. The van der Waals surface area contributed by atoms with Gasteiger partial charge in [0.2, 0.25) is 11.8 Å². The van der Waals surface area contributed by atoms with E-state index in [0.717, 1.165) is 5.56 Å². The molecule has 0 fully saturated rings. The number of nitrogens with two attached hydrogens (primary N) is 1. The van der Waals surface area contributed by atoms with Crippen LogP contribution in [0.25, 0.3) is 0 Å². The average Bonchev–Trinajstić information content (AvgIpc) is 2.71. The Morgan fingerprint density at radius 3 is 2.12 bits per heavy atom. The van der Waals surface area contributed by atoms with Crippen LogP contribution in [0.3, 0.4) is 0 Å². The molecule has 1 aromatic carbocycles. The predicted molar refractivity (Wildman–Crippen MR) is 117 cm³/mol. The molecule has 33 heavy (non-hydrogen) atoms. The van der Waals surface area contributed by atoms with Crippen LogP contribution in [0.1, 0.15) is 52.0 Å². The molecule has 0 saturated heterocycles. The highest BCUT2D eigenvalue weighted by atomic mass is 16.6. The van der Waals surface area contributed by atoms with Crippen LogP contribution in [-0.2, 0) is 35.3 Å². The van der Waals surface area contributed by atoms with Crippen molar-refractivity contribution in [2.75, 3.05) is 0 Å². The molecule has 5 N–H and O–H groups in total. The van der Waals surface area contributed by atoms with E-state index in [-0.39, 0.29) is 32.3 Å². The number of benzene rings is 1. The van der Waals surface area contributed by atoms with Gasteiger partial charge in [-0.05, 0) is 39.2 Å². The molecule has 0 unspecified atom stereocenters. The number of carboxylic acids is 1. The summed E-state index contributed by atoms with van der Waals surface area (Å²) >= 11 is 0. The van der Waals surface area contributed by atoms with Gasteiger partial charge >= 0.3 is 18.0 Å². The number of esters is 1. The number of carboxylic acid groups (broad SMARTS) is 1. The molecule has 0 aliphatic heterocycles. The topological polar surface area (TPSA) is 174 Å². The Labute approximate surface area is 192 Å². The highest BCUT2D eigenvalue weighted by molar-refractivity contribution is 5.90. The Morgan fingerprint density at radius 2 is 1.58 bits per heavy atom. The zero-order chi connectivity index (χ0) is 25.0. The summed E-state index contributed by atoms with van der Waals surface area (Å²) in [5, 5.41) is 14.0. The first kappa shape index (κ1) is 27.4. The Hall–Kier alpha value is -3.63. The monoisotopic (exact) mass is 465 g/mol. The highest BCUT2D eigenvalue weighted by Crippen LogP contribution is 2.11. The van der Waals surface area contributed by atoms with Crippen molar-refractivity contribution < 1.29 is 38.6 Å². The fraction of sp³-hybridized carbons (Fsp3) is 0.500. The molecule has 1 rings (SSSR count). The molecule has 3 amide bonds. The second kappa shape index (κ2) is 13.0. The summed E-state index contributed by atoms with van der Waals surface area (Å²) in [6.45, 7) is 4.97. The molecule has 0 bridgehead atoms. The minimum absolute atomic E-state index is 0.0511. The molecule has 0 aliphatic rings. The standard InChI is InChI=1S/C22H31N3O8/c1-22(2,3)33-18(27)12-10-16(20(29)30)24-19(28)15(9-11-17(23)26)25-21(31)32-13-14-7-5-4-6-8-14/h4-8,15-16H,9-13H2,1-3H3,(H2,23,26)(H,24,28)(H,25,31)(H,29,30)/t15-,16-/m0/s1. The molecule has 11 heteroatoms. The lowest BCUT2D eigenvalue weighted by atomic mass is 10.1. The molecular weight excluding hydrogens is 434 g/mol. The van der Waals surface area contributed by atoms with Crippen LogP contribution in [0.5, 0.6) is 0 Å². The van der Waals surface area contributed by atoms with Gasteiger partial charge in [-0.1, -0.05) is 30.3 Å². The molecule has 0 saturated carbocycles. The third-order valence-electron chi connectivity index (χ3n) is 4.17. The quantitative estimate of drug-likeness (QED) is 0.333. The van der Waals surface area contributed by atoms with Crippen molar-refractivity contribution in [1.29, 1.82) is 0 Å². The molecule has 2 atom stereocenters. The Kier molecular flexibility index (Phi) is 10.8. The number of hydrogen-bond acceptors (Lipinski definition) is 7. The lowest BCUT2D eigenvalue weighted by molar-refractivity contribution is -0.155. The molecular formula is C22H31N3O8. The smallest absolute Gasteiger partial charge is 0.408 e. The summed E-state index contributed by atoms with van der Waals surface area (Å²) < 4.78 is 10.2. The number of aliphatic carboxylic acids is 1. The number of hydrogen-bond donors (Lipinski definition) is 4. The van der Waals surface area contributed by atoms with Gasteiger partial charge in [0.25, 0.3) is 0 Å². The van der Waals surface area contributed by atoms with Gasteiger partial charge in [0, 0.05) is 12.8 Å². The number of carbonyl (C=O) groups excluding carboxylic acids is 4. The summed E-state index contributed by atoms with van der Waals surface area (Å²) in [7, 11) is 0. The number of rotatable bonds is 12. The van der Waals surface area contributed by atoms with Gasteiger partial charge in [0.15, 0.2) is 0 Å². The van der Waals surface area contributed by atoms with E-state index < -0.39 is 47.5 Å². The normalized spacial score (nSPS) is 12.7. The largest absolute Gasteiger partial charge is 0.480 e. The van der Waals surface area contributed by atoms with E-state index in [1.807, 2.05) is 0 Å². The van der Waals surface area contributed by atoms with Crippen LogP contribution in [0.2, 0.25) is 0 Å². The van der Waals surface area contributed by atoms with Crippen molar-refractivity contribution in [3.8, 4) is 0 Å². The van der Waals surface area contributed by atoms with Crippen LogP contribution >= 0.6 is 0 Å². The fourth-order valence-electron chi connectivity index (χ4n) is 2.65. The first-order valence-corrected chi connectivity index (χ1v) is 10.4. The van der Waals surface area contributed by atoms with E-state index >= 15 is 0 Å². The number of alkyl carbamates (subject to hydrolysis) is 1. The Bertz CT molecular complexity index is 836. The van der Waals surface area contributed by atoms with Gasteiger partial charge in [-0.15, -0.1) is 0 Å². The van der Waals surface area contributed by atoms with Crippen molar-refractivity contribution in [3.63, 3.8) is 0 Å². The molecule has 182 valence electrons. The molecule has 0 aromatic heterocycles. The maximum absolute atomic E-state index is 12.6. The molecule has 11 nitrogen and oxygen atoms in total. The lowest BCUT2D eigenvalue weighted by Gasteiger charge is -2.22. The third-order valence-corrected chi connectivity index (χ3v) is 4.17. The van der Waals surface area contributed by atoms with E-state index in [0.29, 0.717) is 0 Å². The number of nitrogens with one attached hydrogen (secondary N) is 2. The van der Waals surface area contributed by atoms with E-state index in [4.69, 9.17) is 15.2 Å². The fourth-order valence-corrected chi connectivity index (χ4v) is 2.65. The van der Waals surface area contributed by atoms with Crippen molar-refractivity contribution in [2.45, 2.75) is 70.7 Å². The zero-order valence-electron chi connectivity index (χ0n) is 19.0. The van der Waals surface area contributed by atoms with Crippen LogP contribution in [0.4, 0.5) is 4.79 Å². The average molecular weight is 466 g/mol. The molecule has 1 aromatic rings. The maximum atomic E-state index is 12.6. The van der Waals surface area contributed by atoms with Gasteiger partial charge in [0.1, 0.15) is 24.3 Å². The number of ether oxygens (including phenoxy) is 2. The summed E-state index contributed by atoms with van der Waals surface area (Å²) in [6, 6.07) is 6.13. The second-order valence-corrected chi connectivity index (χ2v) is 8.29. The highest BCUT2D eigenvalue weighted by Gasteiger charge is 2.28. The van der Waals surface area contributed by atoms with Crippen molar-refractivity contribution in [3.05, 3.63) is 35.9 Å². The Morgan fingerprint density at radius 1 is 0.970 bits per heavy atom. The van der Waals surface area contributed by atoms with E-state index in [1.54, 1.807) is 51.1 Å². The number of amides is 3. The number of primary amides is 1. The van der Waals surface area contributed by atoms with E-state index in [1.165, 1.54) is 0 Å². The minimum Gasteiger partial charge on any atom is -0.480 e. The van der Waals surface area contributed by atoms with Gasteiger partial charge in [-0.3, -0.25) is 14.4 Å². The SMILES string of the molecule is CC(C)(C)OC(=O)CC[C@H](NC(=O)[C@H](CCC(N)=O)NC(=O)OCc1ccccc1)C(=O)O. The van der Waals surface area contributed by atoms with Crippen molar-refractivity contribution in [2.24, 2.45) is 5.73 Å². The predicted octanol–water partition coefficient (Wildman–Crippen LogP) is 1.24. The second-order valence-electron chi connectivity index (χ2n) is 8.29. The number of carbonyl (C=O) groups is 5. The van der Waals surface area contributed by atoms with Gasteiger partial charge in [0.05, 0.1) is 0 Å². The summed E-state index contributed by atoms with van der Waals surface area (Å²) in [6.07, 6.45) is -1.79. The minimum atomic E-state index is -1.41. The van der Waals surface area contributed by atoms with E-state index in [9.17, 15) is 29.1 Å². The first-order chi connectivity index (χ1) is 15.4. The molecule has 0 heterocycles. The molecule has 0 aliphatic carbocycles. The summed E-state index contributed by atoms with van der Waals surface area (Å²) in [5.74, 6) is -3.54. The van der Waals surface area contributed by atoms with Crippen LogP contribution < -0.4 is 16.4 Å². The van der Waals surface area contributed by atoms with Gasteiger partial charge < -0.3 is 30.9 Å². The summed E-state index contributed by atoms with van der Waals surface area (Å²) in [5.41, 5.74) is 5.12.